The SMILES string of the molecule is CC=NC(=S)[S-].CC=NC(=S)[S-].[Cu+2]. The maximum Gasteiger partial charge on any atom is 2.00 e. The predicted molar refractivity (Wildman–Crippen MR) is 68.3 cm³/mol. The topological polar surface area (TPSA) is 24.7 Å². The van der Waals surface area contributed by atoms with E-state index in [4.69, 9.17) is 0 Å². The number of hydrogen-bond acceptors (Lipinski definition) is 4. The Morgan fingerprint density at radius 3 is 1.23 bits per heavy atom. The van der Waals surface area contributed by atoms with Crippen LogP contribution in [0.4, 0.5) is 0 Å². The van der Waals surface area contributed by atoms with Crippen molar-refractivity contribution in [2.75, 3.05) is 0 Å². The third-order valence-corrected chi connectivity index (χ3v) is 0.891. The molecule has 0 bridgehead atoms. The van der Waals surface area contributed by atoms with E-state index in [1.54, 1.807) is 26.3 Å². The Labute approximate surface area is 111 Å². The van der Waals surface area contributed by atoms with Crippen LogP contribution < -0.4 is 0 Å². The first-order valence-corrected chi connectivity index (χ1v) is 4.57. The fourth-order valence-electron chi connectivity index (χ4n) is 0.211. The van der Waals surface area contributed by atoms with Gasteiger partial charge in [0.2, 0.25) is 0 Å². The molecule has 2 nitrogen and oxygen atoms in total. The van der Waals surface area contributed by atoms with Gasteiger partial charge in [0.15, 0.2) is 0 Å². The zero-order chi connectivity index (χ0) is 9.98. The standard InChI is InChI=1S/2C3H5NS2.Cu/c2*1-2-4-3(5)6;/h2*2H,1H3,(H,5,6);/q;;+2/p-2. The summed E-state index contributed by atoms with van der Waals surface area (Å²) in [6, 6.07) is 0. The zero-order valence-electron chi connectivity index (χ0n) is 6.98. The molecule has 77 valence electrons. The van der Waals surface area contributed by atoms with Gasteiger partial charge in [0.25, 0.3) is 0 Å². The number of thiocarbonyl (C=S) groups is 2. The summed E-state index contributed by atoms with van der Waals surface area (Å²) in [7, 11) is 0. The van der Waals surface area contributed by atoms with Crippen LogP contribution >= 0.6 is 24.4 Å². The summed E-state index contributed by atoms with van der Waals surface area (Å²) in [6.45, 7) is 3.55. The minimum atomic E-state index is 0. The molecule has 0 rings (SSSR count). The molecule has 7 heteroatoms. The van der Waals surface area contributed by atoms with Gasteiger partial charge < -0.3 is 49.7 Å². The van der Waals surface area contributed by atoms with Gasteiger partial charge in [-0.3, -0.25) is 9.98 Å². The summed E-state index contributed by atoms with van der Waals surface area (Å²) < 4.78 is 0.551. The van der Waals surface area contributed by atoms with Crippen molar-refractivity contribution in [3.8, 4) is 0 Å². The third-order valence-electron chi connectivity index (χ3n) is 0.469. The summed E-state index contributed by atoms with van der Waals surface area (Å²) >= 11 is 17.6. The molecule has 0 aromatic carbocycles. The third kappa shape index (κ3) is 32.6. The first kappa shape index (κ1) is 19.1. The average Bonchev–Trinajstić information content (AvgIpc) is 1.87. The van der Waals surface area contributed by atoms with Crippen LogP contribution in [0, 0.1) is 0 Å². The molecule has 0 N–H and O–H groups in total. The minimum absolute atomic E-state index is 0. The zero-order valence-corrected chi connectivity index (χ0v) is 11.2. The predicted octanol–water partition coefficient (Wildman–Crippen LogP) is 1.82. The Morgan fingerprint density at radius 2 is 1.23 bits per heavy atom. The number of rotatable bonds is 0. The molecule has 0 aliphatic carbocycles. The summed E-state index contributed by atoms with van der Waals surface area (Å²) in [5.41, 5.74) is 0. The van der Waals surface area contributed by atoms with Crippen molar-refractivity contribution in [2.24, 2.45) is 9.98 Å². The number of nitrogens with zero attached hydrogens (tertiary/aromatic N) is 2. The minimum Gasteiger partial charge on any atom is -0.409 e. The van der Waals surface area contributed by atoms with Crippen LogP contribution in [0.2, 0.25) is 0 Å². The van der Waals surface area contributed by atoms with E-state index in [9.17, 15) is 0 Å². The van der Waals surface area contributed by atoms with E-state index < -0.39 is 0 Å². The Hall–Kier alpha value is 0.479. The van der Waals surface area contributed by atoms with E-state index in [1.807, 2.05) is 0 Å². The summed E-state index contributed by atoms with van der Waals surface area (Å²) in [5, 5.41) is 0. The van der Waals surface area contributed by atoms with Crippen LogP contribution in [0.15, 0.2) is 9.98 Å². The van der Waals surface area contributed by atoms with E-state index in [2.05, 4.69) is 59.7 Å². The van der Waals surface area contributed by atoms with Gasteiger partial charge in [-0.1, -0.05) is 0 Å². The molecule has 0 aromatic rings. The van der Waals surface area contributed by atoms with Gasteiger partial charge in [-0.2, -0.15) is 0 Å². The molecule has 0 heterocycles. The smallest absolute Gasteiger partial charge is 0.409 e. The molecule has 0 aliphatic heterocycles. The fourth-order valence-corrected chi connectivity index (χ4v) is 0.632. The van der Waals surface area contributed by atoms with Crippen molar-refractivity contribution < 1.29 is 17.1 Å². The molecule has 0 amide bonds. The molecule has 0 unspecified atom stereocenters. The number of aliphatic imine (C=N–C) groups is 2. The van der Waals surface area contributed by atoms with Gasteiger partial charge in [-0.25, -0.2) is 0 Å². The van der Waals surface area contributed by atoms with Crippen molar-refractivity contribution in [3.63, 3.8) is 0 Å². The van der Waals surface area contributed by atoms with Gasteiger partial charge in [0.1, 0.15) is 0 Å². The van der Waals surface area contributed by atoms with Crippen molar-refractivity contribution in [2.45, 2.75) is 13.8 Å². The van der Waals surface area contributed by atoms with Gasteiger partial charge >= 0.3 is 17.1 Å². The molecule has 0 fully saturated rings. The van der Waals surface area contributed by atoms with Crippen LogP contribution in [0.25, 0.3) is 0 Å². The Balaban J connectivity index is -0.000000143. The Morgan fingerprint density at radius 1 is 1.00 bits per heavy atom. The molecular formula is C6H8CuN2S4. The number of hydrogen-bond donors (Lipinski definition) is 0. The van der Waals surface area contributed by atoms with Crippen molar-refractivity contribution in [1.82, 2.24) is 0 Å². The largest absolute Gasteiger partial charge is 2.00 e. The summed E-state index contributed by atoms with van der Waals surface area (Å²) in [4.78, 5) is 7.09. The van der Waals surface area contributed by atoms with Crippen LogP contribution in [0.3, 0.4) is 0 Å². The molecule has 0 aliphatic rings. The molecular weight excluding hydrogens is 292 g/mol. The van der Waals surface area contributed by atoms with E-state index >= 15 is 0 Å². The van der Waals surface area contributed by atoms with Gasteiger partial charge in [0, 0.05) is 0 Å². The Kier molecular flexibility index (Phi) is 22.0. The molecule has 0 saturated carbocycles. The normalized spacial score (nSPS) is 8.77. The molecule has 13 heavy (non-hydrogen) atoms. The fraction of sp³-hybridized carbons (Fsp3) is 0.333. The molecule has 0 spiro atoms. The van der Waals surface area contributed by atoms with Crippen molar-refractivity contribution >= 4 is 70.8 Å². The van der Waals surface area contributed by atoms with E-state index in [0.29, 0.717) is 0 Å². The molecule has 0 saturated heterocycles. The van der Waals surface area contributed by atoms with Crippen LogP contribution in [-0.2, 0) is 42.3 Å². The van der Waals surface area contributed by atoms with E-state index in [1.165, 1.54) is 0 Å². The van der Waals surface area contributed by atoms with Crippen LogP contribution in [0.5, 0.6) is 0 Å². The molecule has 1 radical (unpaired) electrons. The summed E-state index contributed by atoms with van der Waals surface area (Å²) in [5.74, 6) is 0. The second-order valence-electron chi connectivity index (χ2n) is 1.31. The first-order chi connectivity index (χ1) is 5.54. The Bertz CT molecular complexity index is 181. The van der Waals surface area contributed by atoms with Gasteiger partial charge in [-0.15, -0.1) is 0 Å². The van der Waals surface area contributed by atoms with Crippen LogP contribution in [-0.4, -0.2) is 21.1 Å². The molecule has 0 aromatic heterocycles. The summed E-state index contributed by atoms with van der Waals surface area (Å²) in [6.07, 6.45) is 3.16. The molecule has 0 atom stereocenters. The quantitative estimate of drug-likeness (QED) is 0.295. The van der Waals surface area contributed by atoms with Crippen molar-refractivity contribution in [1.29, 1.82) is 0 Å². The monoisotopic (exact) mass is 299 g/mol. The second-order valence-corrected chi connectivity index (χ2v) is 3.37. The van der Waals surface area contributed by atoms with Crippen molar-refractivity contribution in [3.05, 3.63) is 0 Å². The average molecular weight is 300 g/mol. The van der Waals surface area contributed by atoms with Gasteiger partial charge in [-0.05, 0) is 34.9 Å². The van der Waals surface area contributed by atoms with E-state index in [0.717, 1.165) is 0 Å². The maximum absolute atomic E-state index is 4.41. The second kappa shape index (κ2) is 15.0. The maximum atomic E-state index is 4.41. The van der Waals surface area contributed by atoms with E-state index in [-0.39, 0.29) is 25.7 Å². The van der Waals surface area contributed by atoms with Gasteiger partial charge in [0.05, 0.1) is 0 Å². The van der Waals surface area contributed by atoms with Crippen LogP contribution in [0.1, 0.15) is 13.8 Å². The first-order valence-electron chi connectivity index (χ1n) is 2.93.